The number of hydrogen-bond donors (Lipinski definition) is 1. The van der Waals surface area contributed by atoms with Crippen LogP contribution >= 0.6 is 46.3 Å². The molecule has 0 bridgehead atoms. The van der Waals surface area contributed by atoms with Gasteiger partial charge in [-0.25, -0.2) is 4.98 Å². The van der Waals surface area contributed by atoms with E-state index in [4.69, 9.17) is 27.9 Å². The van der Waals surface area contributed by atoms with Gasteiger partial charge in [-0.05, 0) is 39.0 Å². The molecule has 0 aliphatic heterocycles. The number of benzene rings is 1. The van der Waals surface area contributed by atoms with Crippen molar-refractivity contribution in [1.82, 2.24) is 24.6 Å². The van der Waals surface area contributed by atoms with Crippen molar-refractivity contribution in [3.05, 3.63) is 44.6 Å². The molecule has 0 aliphatic carbocycles. The van der Waals surface area contributed by atoms with Gasteiger partial charge in [0.2, 0.25) is 5.91 Å². The summed E-state index contributed by atoms with van der Waals surface area (Å²) in [5, 5.41) is 13.1. The molecular formula is C21H24Cl2N6O3S2. The zero-order valence-corrected chi connectivity index (χ0v) is 22.4. The average Bonchev–Trinajstić information content (AvgIpc) is 3.36. The minimum atomic E-state index is -0.430. The Bertz CT molecular complexity index is 1200. The first kappa shape index (κ1) is 26.3. The standard InChI is InChI=1S/C21H24Cl2N6O3S2/c1-6-29-18(12(3)32-15-8-7-13(22)9-14(15)23)26-27-21(29)33-10-16(30)25-20-24-11(2)17(34-20)19(31)28(4)5/h7-9,12H,6,10H2,1-5H3,(H,24,25,30). The highest BCUT2D eigenvalue weighted by molar-refractivity contribution is 7.99. The van der Waals surface area contributed by atoms with Crippen LogP contribution in [0.5, 0.6) is 5.75 Å². The molecule has 1 aromatic carbocycles. The van der Waals surface area contributed by atoms with Gasteiger partial charge in [0.05, 0.1) is 16.5 Å². The quantitative estimate of drug-likeness (QED) is 0.382. The number of thioether (sulfide) groups is 1. The molecule has 0 saturated heterocycles. The third kappa shape index (κ3) is 6.21. The topological polar surface area (TPSA) is 102 Å². The Morgan fingerprint density at radius 3 is 2.68 bits per heavy atom. The molecule has 2 amide bonds. The Morgan fingerprint density at radius 1 is 1.29 bits per heavy atom. The second kappa shape index (κ2) is 11.4. The third-order valence-electron chi connectivity index (χ3n) is 4.60. The molecular weight excluding hydrogens is 519 g/mol. The van der Waals surface area contributed by atoms with Crippen LogP contribution < -0.4 is 10.1 Å². The van der Waals surface area contributed by atoms with Crippen LogP contribution in [0, 0.1) is 6.92 Å². The summed E-state index contributed by atoms with van der Waals surface area (Å²) in [5.74, 6) is 0.797. The number of halogens is 2. The molecule has 0 aliphatic rings. The molecule has 3 rings (SSSR count). The number of aryl methyl sites for hydroxylation is 1. The molecule has 1 N–H and O–H groups in total. The van der Waals surface area contributed by atoms with Crippen LogP contribution in [-0.4, -0.2) is 56.3 Å². The Balaban J connectivity index is 1.64. The molecule has 2 aromatic heterocycles. The number of anilines is 1. The Labute approximate surface area is 215 Å². The van der Waals surface area contributed by atoms with Crippen molar-refractivity contribution in [2.75, 3.05) is 25.2 Å². The Hall–Kier alpha value is -2.34. The van der Waals surface area contributed by atoms with Crippen molar-refractivity contribution < 1.29 is 14.3 Å². The largest absolute Gasteiger partial charge is 0.481 e. The van der Waals surface area contributed by atoms with Crippen LogP contribution in [0.25, 0.3) is 0 Å². The van der Waals surface area contributed by atoms with E-state index in [0.29, 0.717) is 49.0 Å². The van der Waals surface area contributed by atoms with Crippen molar-refractivity contribution >= 4 is 63.2 Å². The van der Waals surface area contributed by atoms with E-state index >= 15 is 0 Å². The summed E-state index contributed by atoms with van der Waals surface area (Å²) < 4.78 is 7.84. The van der Waals surface area contributed by atoms with Crippen LogP contribution in [0.2, 0.25) is 10.0 Å². The van der Waals surface area contributed by atoms with Crippen LogP contribution in [0.15, 0.2) is 23.4 Å². The van der Waals surface area contributed by atoms with Gasteiger partial charge in [-0.2, -0.15) is 0 Å². The van der Waals surface area contributed by atoms with Gasteiger partial charge < -0.3 is 19.5 Å². The molecule has 2 heterocycles. The predicted molar refractivity (Wildman–Crippen MR) is 135 cm³/mol. The van der Waals surface area contributed by atoms with E-state index in [0.717, 1.165) is 11.3 Å². The molecule has 0 spiro atoms. The van der Waals surface area contributed by atoms with Crippen LogP contribution in [0.1, 0.15) is 41.1 Å². The summed E-state index contributed by atoms with van der Waals surface area (Å²) in [6.07, 6.45) is -0.430. The second-order valence-electron chi connectivity index (χ2n) is 7.39. The van der Waals surface area contributed by atoms with E-state index in [1.165, 1.54) is 16.7 Å². The first-order valence-corrected chi connectivity index (χ1v) is 12.8. The number of ether oxygens (including phenoxy) is 1. The maximum atomic E-state index is 12.5. The number of carbonyl (C=O) groups is 2. The smallest absolute Gasteiger partial charge is 0.265 e. The summed E-state index contributed by atoms with van der Waals surface area (Å²) in [6, 6.07) is 5.01. The van der Waals surface area contributed by atoms with Gasteiger partial charge in [-0.15, -0.1) is 10.2 Å². The van der Waals surface area contributed by atoms with Gasteiger partial charge >= 0.3 is 0 Å². The van der Waals surface area contributed by atoms with Crippen molar-refractivity contribution in [1.29, 1.82) is 0 Å². The molecule has 182 valence electrons. The highest BCUT2D eigenvalue weighted by Crippen LogP contribution is 2.32. The number of aromatic nitrogens is 4. The van der Waals surface area contributed by atoms with E-state index in [9.17, 15) is 9.59 Å². The first-order chi connectivity index (χ1) is 16.1. The second-order valence-corrected chi connectivity index (χ2v) is 10.2. The lowest BCUT2D eigenvalue weighted by Crippen LogP contribution is -2.21. The van der Waals surface area contributed by atoms with Crippen LogP contribution in [0.4, 0.5) is 5.13 Å². The van der Waals surface area contributed by atoms with Crippen LogP contribution in [-0.2, 0) is 11.3 Å². The number of carbonyl (C=O) groups excluding carboxylic acids is 2. The molecule has 34 heavy (non-hydrogen) atoms. The monoisotopic (exact) mass is 542 g/mol. The summed E-state index contributed by atoms with van der Waals surface area (Å²) in [5.41, 5.74) is 0.580. The lowest BCUT2D eigenvalue weighted by Gasteiger charge is -2.16. The van der Waals surface area contributed by atoms with Crippen LogP contribution in [0.3, 0.4) is 0 Å². The van der Waals surface area contributed by atoms with E-state index in [1.807, 2.05) is 18.4 Å². The maximum Gasteiger partial charge on any atom is 0.265 e. The molecule has 0 radical (unpaired) electrons. The number of amides is 2. The van der Waals surface area contributed by atoms with Crippen molar-refractivity contribution in [3.8, 4) is 5.75 Å². The zero-order chi connectivity index (χ0) is 25.0. The minimum Gasteiger partial charge on any atom is -0.481 e. The lowest BCUT2D eigenvalue weighted by molar-refractivity contribution is -0.113. The third-order valence-corrected chi connectivity index (χ3v) is 7.16. The van der Waals surface area contributed by atoms with Gasteiger partial charge in [-0.1, -0.05) is 46.3 Å². The normalized spacial score (nSPS) is 11.9. The summed E-state index contributed by atoms with van der Waals surface area (Å²) in [7, 11) is 3.34. The molecule has 1 unspecified atom stereocenters. The Morgan fingerprint density at radius 2 is 2.03 bits per heavy atom. The molecule has 9 nitrogen and oxygen atoms in total. The number of nitrogens with one attached hydrogen (secondary N) is 1. The fourth-order valence-corrected chi connectivity index (χ4v) is 5.22. The fraction of sp³-hybridized carbons (Fsp3) is 0.381. The predicted octanol–water partition coefficient (Wildman–Crippen LogP) is 4.94. The molecule has 13 heteroatoms. The average molecular weight is 544 g/mol. The molecule has 1 atom stereocenters. The number of thiazole rings is 1. The lowest BCUT2D eigenvalue weighted by atomic mass is 10.3. The zero-order valence-electron chi connectivity index (χ0n) is 19.3. The van der Waals surface area contributed by atoms with Crippen molar-refractivity contribution in [3.63, 3.8) is 0 Å². The van der Waals surface area contributed by atoms with Gasteiger partial charge in [0.15, 0.2) is 22.2 Å². The van der Waals surface area contributed by atoms with E-state index in [-0.39, 0.29) is 17.6 Å². The SMILES string of the molecule is CCn1c(SCC(=O)Nc2nc(C)c(C(=O)N(C)C)s2)nnc1C(C)Oc1ccc(Cl)cc1Cl. The summed E-state index contributed by atoms with van der Waals surface area (Å²) in [4.78, 5) is 30.9. The maximum absolute atomic E-state index is 12.5. The first-order valence-electron chi connectivity index (χ1n) is 10.3. The summed E-state index contributed by atoms with van der Waals surface area (Å²) in [6.45, 7) is 6.14. The van der Waals surface area contributed by atoms with E-state index < -0.39 is 6.10 Å². The van der Waals surface area contributed by atoms with Crippen molar-refractivity contribution in [2.24, 2.45) is 0 Å². The Kier molecular flexibility index (Phi) is 8.80. The van der Waals surface area contributed by atoms with Gasteiger partial charge in [0.1, 0.15) is 10.6 Å². The minimum absolute atomic E-state index is 0.103. The van der Waals surface area contributed by atoms with E-state index in [1.54, 1.807) is 39.2 Å². The number of rotatable bonds is 9. The van der Waals surface area contributed by atoms with Gasteiger partial charge in [0.25, 0.3) is 5.91 Å². The van der Waals surface area contributed by atoms with Crippen molar-refractivity contribution in [2.45, 2.75) is 38.6 Å². The van der Waals surface area contributed by atoms with Gasteiger partial charge in [0, 0.05) is 25.7 Å². The molecule has 0 fully saturated rings. The van der Waals surface area contributed by atoms with Gasteiger partial charge in [-0.3, -0.25) is 9.59 Å². The fourth-order valence-electron chi connectivity index (χ4n) is 2.96. The number of nitrogens with zero attached hydrogens (tertiary/aromatic N) is 5. The highest BCUT2D eigenvalue weighted by atomic mass is 35.5. The number of hydrogen-bond acceptors (Lipinski definition) is 8. The summed E-state index contributed by atoms with van der Waals surface area (Å²) >= 11 is 14.6. The molecule has 0 saturated carbocycles. The molecule has 3 aromatic rings. The van der Waals surface area contributed by atoms with E-state index in [2.05, 4.69) is 20.5 Å². The highest BCUT2D eigenvalue weighted by Gasteiger charge is 2.21.